The van der Waals surface area contributed by atoms with E-state index in [0.29, 0.717) is 5.69 Å². The van der Waals surface area contributed by atoms with Crippen molar-refractivity contribution in [2.24, 2.45) is 13.0 Å². The van der Waals surface area contributed by atoms with E-state index in [0.717, 1.165) is 12.0 Å². The van der Waals surface area contributed by atoms with Gasteiger partial charge >= 0.3 is 6.03 Å². The zero-order chi connectivity index (χ0) is 19.6. The molecular weight excluding hydrogens is 344 g/mol. The van der Waals surface area contributed by atoms with Gasteiger partial charge in [0.1, 0.15) is 11.7 Å². The molecule has 2 unspecified atom stereocenters. The van der Waals surface area contributed by atoms with Crippen LogP contribution in [0.1, 0.15) is 25.8 Å². The molecule has 1 aromatic heterocycles. The summed E-state index contributed by atoms with van der Waals surface area (Å²) < 4.78 is 1.40. The van der Waals surface area contributed by atoms with Crippen molar-refractivity contribution in [3.05, 3.63) is 58.5 Å². The van der Waals surface area contributed by atoms with Crippen LogP contribution >= 0.6 is 0 Å². The number of urea groups is 1. The SMILES string of the molecule is CCC(C)C1C(=O)Nc2ccccc2CN1C(=O)Nc1cccn(C)c1=O. The number of fused-ring (bicyclic) bond motifs is 1. The first-order valence-electron chi connectivity index (χ1n) is 9.04. The molecule has 1 aliphatic heterocycles. The first kappa shape index (κ1) is 18.7. The summed E-state index contributed by atoms with van der Waals surface area (Å²) in [5.74, 6) is -0.255. The molecule has 7 heteroatoms. The first-order chi connectivity index (χ1) is 12.9. The maximum absolute atomic E-state index is 13.1. The molecule has 0 fully saturated rings. The number of anilines is 2. The Bertz CT molecular complexity index is 921. The van der Waals surface area contributed by atoms with E-state index < -0.39 is 12.1 Å². The highest BCUT2D eigenvalue weighted by molar-refractivity contribution is 6.00. The maximum atomic E-state index is 13.1. The molecule has 0 radical (unpaired) electrons. The van der Waals surface area contributed by atoms with E-state index in [1.807, 2.05) is 38.1 Å². The van der Waals surface area contributed by atoms with Crippen molar-refractivity contribution >= 4 is 23.3 Å². The molecule has 2 N–H and O–H groups in total. The second-order valence-electron chi connectivity index (χ2n) is 6.87. The number of rotatable bonds is 3. The molecule has 3 amide bonds. The third-order valence-electron chi connectivity index (χ3n) is 5.03. The Balaban J connectivity index is 1.97. The molecule has 0 saturated carbocycles. The molecule has 3 rings (SSSR count). The predicted octanol–water partition coefficient (Wildman–Crippen LogP) is 2.79. The summed E-state index contributed by atoms with van der Waals surface area (Å²) in [6, 6.07) is 9.59. The highest BCUT2D eigenvalue weighted by atomic mass is 16.2. The van der Waals surface area contributed by atoms with Gasteiger partial charge in [-0.15, -0.1) is 0 Å². The highest BCUT2D eigenvalue weighted by Gasteiger charge is 2.36. The summed E-state index contributed by atoms with van der Waals surface area (Å²) in [7, 11) is 1.62. The van der Waals surface area contributed by atoms with Crippen LogP contribution in [0.15, 0.2) is 47.4 Å². The Hall–Kier alpha value is -3.09. The summed E-state index contributed by atoms with van der Waals surface area (Å²) in [5, 5.41) is 5.61. The zero-order valence-electron chi connectivity index (χ0n) is 15.7. The van der Waals surface area contributed by atoms with Crippen LogP contribution in [-0.2, 0) is 18.4 Å². The number of para-hydroxylation sites is 1. The highest BCUT2D eigenvalue weighted by Crippen LogP contribution is 2.27. The minimum Gasteiger partial charge on any atom is -0.324 e. The van der Waals surface area contributed by atoms with Gasteiger partial charge in [-0.2, -0.15) is 0 Å². The van der Waals surface area contributed by atoms with Gasteiger partial charge in [-0.3, -0.25) is 9.59 Å². The zero-order valence-corrected chi connectivity index (χ0v) is 15.7. The van der Waals surface area contributed by atoms with Crippen molar-refractivity contribution in [2.45, 2.75) is 32.9 Å². The van der Waals surface area contributed by atoms with Gasteiger partial charge in [0.05, 0.1) is 6.54 Å². The molecule has 0 aliphatic carbocycles. The van der Waals surface area contributed by atoms with Crippen molar-refractivity contribution < 1.29 is 9.59 Å². The molecule has 1 aliphatic rings. The topological polar surface area (TPSA) is 83.4 Å². The van der Waals surface area contributed by atoms with E-state index in [-0.39, 0.29) is 29.6 Å². The second kappa shape index (κ2) is 7.65. The number of nitrogens with one attached hydrogen (secondary N) is 2. The van der Waals surface area contributed by atoms with Crippen LogP contribution in [0.5, 0.6) is 0 Å². The normalized spacial score (nSPS) is 17.5. The number of amides is 3. The number of hydrogen-bond acceptors (Lipinski definition) is 3. The number of hydrogen-bond donors (Lipinski definition) is 2. The van der Waals surface area contributed by atoms with Crippen molar-refractivity contribution in [1.29, 1.82) is 0 Å². The average molecular weight is 368 g/mol. The van der Waals surface area contributed by atoms with Gasteiger partial charge in [0, 0.05) is 18.9 Å². The Morgan fingerprint density at radius 3 is 2.74 bits per heavy atom. The molecule has 0 spiro atoms. The van der Waals surface area contributed by atoms with Gasteiger partial charge in [0.2, 0.25) is 5.91 Å². The van der Waals surface area contributed by atoms with Crippen LogP contribution < -0.4 is 16.2 Å². The first-order valence-corrected chi connectivity index (χ1v) is 9.04. The maximum Gasteiger partial charge on any atom is 0.322 e. The van der Waals surface area contributed by atoms with Gasteiger partial charge < -0.3 is 20.1 Å². The third kappa shape index (κ3) is 3.72. The standard InChI is InChI=1S/C20H24N4O3/c1-4-13(2)17-18(25)21-15-9-6-5-8-14(15)12-24(17)20(27)22-16-10-7-11-23(3)19(16)26/h5-11,13,17H,4,12H2,1-3H3,(H,21,25)(H,22,27). The summed E-state index contributed by atoms with van der Waals surface area (Å²) in [6.45, 7) is 4.21. The minimum atomic E-state index is -0.630. The lowest BCUT2D eigenvalue weighted by molar-refractivity contribution is -0.121. The quantitative estimate of drug-likeness (QED) is 0.874. The number of carbonyl (C=O) groups excluding carboxylic acids is 2. The molecular formula is C20H24N4O3. The molecule has 0 saturated heterocycles. The van der Waals surface area contributed by atoms with Crippen LogP contribution in [-0.4, -0.2) is 27.4 Å². The Morgan fingerprint density at radius 2 is 2.00 bits per heavy atom. The second-order valence-corrected chi connectivity index (χ2v) is 6.87. The van der Waals surface area contributed by atoms with E-state index in [2.05, 4.69) is 10.6 Å². The fourth-order valence-corrected chi connectivity index (χ4v) is 3.28. The average Bonchev–Trinajstić information content (AvgIpc) is 2.80. The molecule has 7 nitrogen and oxygen atoms in total. The number of aromatic nitrogens is 1. The van der Waals surface area contributed by atoms with Crippen LogP contribution in [0.25, 0.3) is 0 Å². The van der Waals surface area contributed by atoms with Crippen LogP contribution in [0.4, 0.5) is 16.2 Å². The molecule has 142 valence electrons. The molecule has 2 heterocycles. The lowest BCUT2D eigenvalue weighted by Crippen LogP contribution is -2.50. The number of pyridine rings is 1. The van der Waals surface area contributed by atoms with Crippen LogP contribution in [0.3, 0.4) is 0 Å². The molecule has 27 heavy (non-hydrogen) atoms. The Labute approximate surface area is 158 Å². The number of benzene rings is 1. The molecule has 2 aromatic rings. The van der Waals surface area contributed by atoms with Crippen LogP contribution in [0, 0.1) is 5.92 Å². The van der Waals surface area contributed by atoms with Crippen molar-refractivity contribution in [3.8, 4) is 0 Å². The molecule has 0 bridgehead atoms. The van der Waals surface area contributed by atoms with Gasteiger partial charge in [0.15, 0.2) is 0 Å². The van der Waals surface area contributed by atoms with Crippen molar-refractivity contribution in [3.63, 3.8) is 0 Å². The fraction of sp³-hybridized carbons (Fsp3) is 0.350. The lowest BCUT2D eigenvalue weighted by atomic mass is 9.97. The van der Waals surface area contributed by atoms with E-state index in [1.165, 1.54) is 9.47 Å². The van der Waals surface area contributed by atoms with Gasteiger partial charge in [-0.1, -0.05) is 38.5 Å². The number of aryl methyl sites for hydroxylation is 1. The van der Waals surface area contributed by atoms with Crippen LogP contribution in [0.2, 0.25) is 0 Å². The Morgan fingerprint density at radius 1 is 1.26 bits per heavy atom. The summed E-state index contributed by atoms with van der Waals surface area (Å²) >= 11 is 0. The lowest BCUT2D eigenvalue weighted by Gasteiger charge is -2.32. The molecule has 1 aromatic carbocycles. The van der Waals surface area contributed by atoms with E-state index in [4.69, 9.17) is 0 Å². The monoisotopic (exact) mass is 368 g/mol. The van der Waals surface area contributed by atoms with Gasteiger partial charge in [-0.05, 0) is 29.7 Å². The minimum absolute atomic E-state index is 0.0383. The van der Waals surface area contributed by atoms with E-state index in [1.54, 1.807) is 25.4 Å². The predicted molar refractivity (Wildman–Crippen MR) is 105 cm³/mol. The van der Waals surface area contributed by atoms with E-state index in [9.17, 15) is 14.4 Å². The fourth-order valence-electron chi connectivity index (χ4n) is 3.28. The van der Waals surface area contributed by atoms with Crippen molar-refractivity contribution in [2.75, 3.05) is 10.6 Å². The van der Waals surface area contributed by atoms with Gasteiger partial charge in [0.25, 0.3) is 5.56 Å². The van der Waals surface area contributed by atoms with Gasteiger partial charge in [-0.25, -0.2) is 4.79 Å². The largest absolute Gasteiger partial charge is 0.324 e. The number of carbonyl (C=O) groups is 2. The summed E-state index contributed by atoms with van der Waals surface area (Å²) in [4.78, 5) is 39.7. The molecule has 2 atom stereocenters. The van der Waals surface area contributed by atoms with E-state index >= 15 is 0 Å². The Kier molecular flexibility index (Phi) is 5.30. The summed E-state index contributed by atoms with van der Waals surface area (Å²) in [5.41, 5.74) is 1.45. The summed E-state index contributed by atoms with van der Waals surface area (Å²) in [6.07, 6.45) is 2.36. The third-order valence-corrected chi connectivity index (χ3v) is 5.03. The smallest absolute Gasteiger partial charge is 0.322 e. The number of nitrogens with zero attached hydrogens (tertiary/aromatic N) is 2. The van der Waals surface area contributed by atoms with Crippen molar-refractivity contribution in [1.82, 2.24) is 9.47 Å².